The Labute approximate surface area is 121 Å². The number of carboxylic acids is 1. The summed E-state index contributed by atoms with van der Waals surface area (Å²) in [6.07, 6.45) is 2.42. The summed E-state index contributed by atoms with van der Waals surface area (Å²) in [6, 6.07) is 8.58. The maximum absolute atomic E-state index is 11.7. The second-order valence-electron chi connectivity index (χ2n) is 6.11. The van der Waals surface area contributed by atoms with Crippen molar-refractivity contribution >= 4 is 5.97 Å². The number of carbonyl (C=O) groups is 1. The maximum Gasteiger partial charge on any atom is 0.324 e. The van der Waals surface area contributed by atoms with Crippen LogP contribution in [0.5, 0.6) is 0 Å². The van der Waals surface area contributed by atoms with Gasteiger partial charge in [-0.1, -0.05) is 45.0 Å². The third-order valence-electron chi connectivity index (χ3n) is 4.63. The largest absolute Gasteiger partial charge is 0.480 e. The van der Waals surface area contributed by atoms with Crippen molar-refractivity contribution in [1.29, 1.82) is 0 Å². The fourth-order valence-corrected chi connectivity index (χ4v) is 3.19. The molecule has 0 aromatic heterocycles. The second kappa shape index (κ2) is 5.96. The van der Waals surface area contributed by atoms with Gasteiger partial charge in [-0.15, -0.1) is 0 Å². The van der Waals surface area contributed by atoms with E-state index in [0.717, 1.165) is 25.9 Å². The summed E-state index contributed by atoms with van der Waals surface area (Å²) in [6.45, 7) is 7.96. The van der Waals surface area contributed by atoms with E-state index in [9.17, 15) is 9.90 Å². The van der Waals surface area contributed by atoms with Crippen LogP contribution in [0.15, 0.2) is 24.3 Å². The molecule has 0 bridgehead atoms. The molecule has 0 amide bonds. The lowest BCUT2D eigenvalue weighted by atomic mass is 9.92. The van der Waals surface area contributed by atoms with Gasteiger partial charge in [-0.25, -0.2) is 0 Å². The highest BCUT2D eigenvalue weighted by Gasteiger charge is 2.45. The first-order valence-electron chi connectivity index (χ1n) is 7.57. The molecule has 1 atom stereocenters. The fraction of sp³-hybridized carbons (Fsp3) is 0.588. The maximum atomic E-state index is 11.7. The molecule has 3 heteroatoms. The molecule has 110 valence electrons. The van der Waals surface area contributed by atoms with E-state index in [1.807, 2.05) is 6.92 Å². The van der Waals surface area contributed by atoms with E-state index >= 15 is 0 Å². The number of benzene rings is 1. The van der Waals surface area contributed by atoms with Gasteiger partial charge in [0.25, 0.3) is 0 Å². The molecule has 3 nitrogen and oxygen atoms in total. The van der Waals surface area contributed by atoms with Crippen LogP contribution in [0.25, 0.3) is 0 Å². The Balaban J connectivity index is 2.14. The molecule has 1 heterocycles. The zero-order valence-corrected chi connectivity index (χ0v) is 12.7. The van der Waals surface area contributed by atoms with Crippen LogP contribution in [-0.4, -0.2) is 28.1 Å². The molecule has 1 aromatic rings. The summed E-state index contributed by atoms with van der Waals surface area (Å²) in [5.74, 6) is -0.138. The van der Waals surface area contributed by atoms with Gasteiger partial charge in [-0.3, -0.25) is 9.69 Å². The third-order valence-corrected chi connectivity index (χ3v) is 4.63. The summed E-state index contributed by atoms with van der Waals surface area (Å²) in [4.78, 5) is 13.8. The van der Waals surface area contributed by atoms with E-state index in [0.29, 0.717) is 12.3 Å². The molecule has 20 heavy (non-hydrogen) atoms. The fourth-order valence-electron chi connectivity index (χ4n) is 3.19. The number of carboxylic acid groups (broad SMARTS) is 1. The molecule has 1 aliphatic rings. The Bertz CT molecular complexity index is 466. The van der Waals surface area contributed by atoms with Crippen molar-refractivity contribution < 1.29 is 9.90 Å². The summed E-state index contributed by atoms with van der Waals surface area (Å²) in [5.41, 5.74) is 1.88. The molecule has 1 unspecified atom stereocenters. The highest BCUT2D eigenvalue weighted by Crippen LogP contribution is 2.34. The molecular weight excluding hydrogens is 250 g/mol. The van der Waals surface area contributed by atoms with Crippen LogP contribution in [0.3, 0.4) is 0 Å². The lowest BCUT2D eigenvalue weighted by Crippen LogP contribution is -2.49. The Morgan fingerprint density at radius 3 is 2.50 bits per heavy atom. The smallest absolute Gasteiger partial charge is 0.324 e. The Hall–Kier alpha value is -1.35. The normalized spacial score (nSPS) is 23.4. The lowest BCUT2D eigenvalue weighted by molar-refractivity contribution is -0.150. The minimum absolute atomic E-state index is 0.532. The Kier molecular flexibility index (Phi) is 4.48. The summed E-state index contributed by atoms with van der Waals surface area (Å²) >= 11 is 0. The molecule has 1 fully saturated rings. The van der Waals surface area contributed by atoms with Crippen molar-refractivity contribution in [2.75, 3.05) is 6.54 Å². The molecule has 1 aliphatic heterocycles. The van der Waals surface area contributed by atoms with E-state index < -0.39 is 11.5 Å². The lowest BCUT2D eigenvalue weighted by Gasteiger charge is -2.34. The van der Waals surface area contributed by atoms with Gasteiger partial charge < -0.3 is 5.11 Å². The highest BCUT2D eigenvalue weighted by molar-refractivity contribution is 5.79. The van der Waals surface area contributed by atoms with Gasteiger partial charge in [0.2, 0.25) is 0 Å². The number of rotatable bonds is 5. The van der Waals surface area contributed by atoms with Crippen LogP contribution in [0.2, 0.25) is 0 Å². The summed E-state index contributed by atoms with van der Waals surface area (Å²) in [5, 5.41) is 9.59. The molecule has 2 rings (SSSR count). The molecule has 1 aromatic carbocycles. The average Bonchev–Trinajstić information content (AvgIpc) is 2.83. The summed E-state index contributed by atoms with van der Waals surface area (Å²) < 4.78 is 0. The Morgan fingerprint density at radius 2 is 2.00 bits per heavy atom. The van der Waals surface area contributed by atoms with Crippen LogP contribution < -0.4 is 0 Å². The van der Waals surface area contributed by atoms with Gasteiger partial charge in [0.15, 0.2) is 0 Å². The van der Waals surface area contributed by atoms with E-state index in [1.54, 1.807) is 0 Å². The molecule has 1 saturated heterocycles. The molecule has 1 N–H and O–H groups in total. The zero-order valence-electron chi connectivity index (χ0n) is 12.7. The summed E-state index contributed by atoms with van der Waals surface area (Å²) in [7, 11) is 0. The number of hydrogen-bond donors (Lipinski definition) is 1. The number of nitrogens with zero attached hydrogens (tertiary/aromatic N) is 1. The van der Waals surface area contributed by atoms with Crippen molar-refractivity contribution in [1.82, 2.24) is 4.90 Å². The number of likely N-dealkylation sites (tertiary alicyclic amines) is 1. The quantitative estimate of drug-likeness (QED) is 0.892. The SMILES string of the molecule is CCC1(C(=O)O)CCCN1Cc1ccc(C(C)C)cc1. The van der Waals surface area contributed by atoms with Gasteiger partial charge in [0, 0.05) is 6.54 Å². The van der Waals surface area contributed by atoms with Gasteiger partial charge in [0.05, 0.1) is 0 Å². The third kappa shape index (κ3) is 2.73. The van der Waals surface area contributed by atoms with Crippen molar-refractivity contribution in [2.24, 2.45) is 0 Å². The van der Waals surface area contributed by atoms with Crippen molar-refractivity contribution in [3.8, 4) is 0 Å². The van der Waals surface area contributed by atoms with E-state index in [-0.39, 0.29) is 0 Å². The van der Waals surface area contributed by atoms with Gasteiger partial charge in [-0.05, 0) is 42.9 Å². The first-order chi connectivity index (χ1) is 9.49. The van der Waals surface area contributed by atoms with E-state index in [2.05, 4.69) is 43.0 Å². The van der Waals surface area contributed by atoms with Crippen molar-refractivity contribution in [2.45, 2.75) is 58.0 Å². The zero-order chi connectivity index (χ0) is 14.8. The Morgan fingerprint density at radius 1 is 1.35 bits per heavy atom. The number of aliphatic carboxylic acids is 1. The van der Waals surface area contributed by atoms with Gasteiger partial charge >= 0.3 is 5.97 Å². The minimum Gasteiger partial charge on any atom is -0.480 e. The predicted molar refractivity (Wildman–Crippen MR) is 80.8 cm³/mol. The predicted octanol–water partition coefficient (Wildman–Crippen LogP) is 3.64. The van der Waals surface area contributed by atoms with Crippen LogP contribution in [-0.2, 0) is 11.3 Å². The first-order valence-corrected chi connectivity index (χ1v) is 7.57. The molecular formula is C17H25NO2. The van der Waals surface area contributed by atoms with E-state index in [1.165, 1.54) is 11.1 Å². The van der Waals surface area contributed by atoms with Crippen molar-refractivity contribution in [3.05, 3.63) is 35.4 Å². The standard InChI is InChI=1S/C17H25NO2/c1-4-17(16(19)20)10-5-11-18(17)12-14-6-8-15(9-7-14)13(2)3/h6-9,13H,4-5,10-12H2,1-3H3,(H,19,20). The van der Waals surface area contributed by atoms with Crippen LogP contribution in [0.1, 0.15) is 57.1 Å². The van der Waals surface area contributed by atoms with Gasteiger partial charge in [-0.2, -0.15) is 0 Å². The topological polar surface area (TPSA) is 40.5 Å². The highest BCUT2D eigenvalue weighted by atomic mass is 16.4. The molecule has 0 saturated carbocycles. The monoisotopic (exact) mass is 275 g/mol. The molecule has 0 radical (unpaired) electrons. The minimum atomic E-state index is -0.670. The molecule has 0 spiro atoms. The van der Waals surface area contributed by atoms with Crippen LogP contribution >= 0.6 is 0 Å². The number of hydrogen-bond acceptors (Lipinski definition) is 2. The first kappa shape index (κ1) is 15.0. The van der Waals surface area contributed by atoms with Crippen molar-refractivity contribution in [3.63, 3.8) is 0 Å². The van der Waals surface area contributed by atoms with Crippen LogP contribution in [0.4, 0.5) is 0 Å². The van der Waals surface area contributed by atoms with E-state index in [4.69, 9.17) is 0 Å². The van der Waals surface area contributed by atoms with Crippen LogP contribution in [0, 0.1) is 0 Å². The molecule has 0 aliphatic carbocycles. The van der Waals surface area contributed by atoms with Gasteiger partial charge in [0.1, 0.15) is 5.54 Å². The second-order valence-corrected chi connectivity index (χ2v) is 6.11. The average molecular weight is 275 g/mol.